The zero-order valence-corrected chi connectivity index (χ0v) is 13.9. The quantitative estimate of drug-likeness (QED) is 0.744. The second-order valence-electron chi connectivity index (χ2n) is 6.08. The lowest BCUT2D eigenvalue weighted by Gasteiger charge is -2.14. The van der Waals surface area contributed by atoms with E-state index < -0.39 is 0 Å². The lowest BCUT2D eigenvalue weighted by molar-refractivity contribution is 0.102. The lowest BCUT2D eigenvalue weighted by atomic mass is 10.0. The third-order valence-electron chi connectivity index (χ3n) is 4.18. The molecule has 0 saturated carbocycles. The van der Waals surface area contributed by atoms with E-state index in [0.29, 0.717) is 5.56 Å². The van der Waals surface area contributed by atoms with Gasteiger partial charge in [-0.1, -0.05) is 35.9 Å². The minimum Gasteiger partial charge on any atom is -0.321 e. The predicted molar refractivity (Wildman–Crippen MR) is 95.1 cm³/mol. The van der Waals surface area contributed by atoms with Gasteiger partial charge < -0.3 is 5.32 Å². The van der Waals surface area contributed by atoms with Crippen molar-refractivity contribution in [3.8, 4) is 0 Å². The smallest absolute Gasteiger partial charge is 0.257 e. The van der Waals surface area contributed by atoms with E-state index in [1.807, 2.05) is 45.2 Å². The van der Waals surface area contributed by atoms with Gasteiger partial charge in [0.1, 0.15) is 0 Å². The average Bonchev–Trinajstić information content (AvgIpc) is 2.50. The van der Waals surface area contributed by atoms with Gasteiger partial charge in [-0.2, -0.15) is 0 Å². The van der Waals surface area contributed by atoms with Crippen LogP contribution in [0.25, 0.3) is 10.8 Å². The highest BCUT2D eigenvalue weighted by molar-refractivity contribution is 6.13. The van der Waals surface area contributed by atoms with Crippen LogP contribution in [0.15, 0.2) is 42.7 Å². The van der Waals surface area contributed by atoms with Crippen molar-refractivity contribution in [2.24, 2.45) is 0 Å². The van der Waals surface area contributed by atoms with Gasteiger partial charge in [-0.15, -0.1) is 0 Å². The monoisotopic (exact) mass is 304 g/mol. The van der Waals surface area contributed by atoms with Crippen LogP contribution >= 0.6 is 0 Å². The number of aromatic nitrogens is 1. The highest BCUT2D eigenvalue weighted by atomic mass is 16.1. The van der Waals surface area contributed by atoms with Crippen molar-refractivity contribution in [1.82, 2.24) is 4.98 Å². The largest absolute Gasteiger partial charge is 0.321 e. The van der Waals surface area contributed by atoms with Gasteiger partial charge in [0.25, 0.3) is 5.91 Å². The summed E-state index contributed by atoms with van der Waals surface area (Å²) in [6, 6.07) is 10.1. The zero-order valence-electron chi connectivity index (χ0n) is 13.9. The van der Waals surface area contributed by atoms with Gasteiger partial charge in [0.2, 0.25) is 0 Å². The van der Waals surface area contributed by atoms with Crippen LogP contribution in [-0.2, 0) is 0 Å². The first-order chi connectivity index (χ1) is 11.0. The third kappa shape index (κ3) is 2.82. The number of carbonyl (C=O) groups is 1. The number of carbonyl (C=O) groups excluding carboxylic acids is 1. The second-order valence-corrected chi connectivity index (χ2v) is 6.08. The molecule has 3 nitrogen and oxygen atoms in total. The zero-order chi connectivity index (χ0) is 16.6. The van der Waals surface area contributed by atoms with E-state index in [9.17, 15) is 4.79 Å². The van der Waals surface area contributed by atoms with Crippen LogP contribution in [0.3, 0.4) is 0 Å². The number of aryl methyl sites for hydroxylation is 4. The molecular formula is C20H20N2O. The Morgan fingerprint density at radius 2 is 1.61 bits per heavy atom. The molecule has 0 spiro atoms. The molecule has 0 unspecified atom stereocenters. The second kappa shape index (κ2) is 5.84. The molecule has 3 aromatic rings. The molecule has 0 aliphatic rings. The molecule has 0 bridgehead atoms. The highest BCUT2D eigenvalue weighted by Gasteiger charge is 2.14. The first-order valence-corrected chi connectivity index (χ1v) is 7.70. The Hall–Kier alpha value is -2.68. The van der Waals surface area contributed by atoms with Crippen LogP contribution in [0, 0.1) is 27.7 Å². The molecule has 1 N–H and O–H groups in total. The number of hydrogen-bond acceptors (Lipinski definition) is 2. The number of amides is 1. The molecule has 0 atom stereocenters. The topological polar surface area (TPSA) is 42.0 Å². The van der Waals surface area contributed by atoms with Crippen LogP contribution in [-0.4, -0.2) is 10.9 Å². The van der Waals surface area contributed by atoms with E-state index in [-0.39, 0.29) is 5.91 Å². The summed E-state index contributed by atoms with van der Waals surface area (Å²) in [4.78, 5) is 17.0. The normalized spacial score (nSPS) is 10.8. The summed E-state index contributed by atoms with van der Waals surface area (Å²) in [7, 11) is 0. The van der Waals surface area contributed by atoms with Crippen molar-refractivity contribution in [3.63, 3.8) is 0 Å². The summed E-state index contributed by atoms with van der Waals surface area (Å²) in [5, 5.41) is 5.00. The van der Waals surface area contributed by atoms with Gasteiger partial charge in [0.15, 0.2) is 0 Å². The summed E-state index contributed by atoms with van der Waals surface area (Å²) in [5.41, 5.74) is 5.93. The van der Waals surface area contributed by atoms with Gasteiger partial charge in [-0.3, -0.25) is 9.78 Å². The molecule has 23 heavy (non-hydrogen) atoms. The van der Waals surface area contributed by atoms with Crippen molar-refractivity contribution in [1.29, 1.82) is 0 Å². The molecule has 1 amide bonds. The number of pyridine rings is 1. The predicted octanol–water partition coefficient (Wildman–Crippen LogP) is 4.72. The van der Waals surface area contributed by atoms with Crippen molar-refractivity contribution < 1.29 is 4.79 Å². The molecule has 0 saturated heterocycles. The molecule has 3 rings (SSSR count). The van der Waals surface area contributed by atoms with Crippen molar-refractivity contribution in [3.05, 3.63) is 70.5 Å². The Morgan fingerprint density at radius 1 is 0.913 bits per heavy atom. The Balaban J connectivity index is 2.04. The minimum atomic E-state index is -0.122. The van der Waals surface area contributed by atoms with E-state index in [1.54, 1.807) is 6.20 Å². The fraction of sp³-hybridized carbons (Fsp3) is 0.200. The molecule has 2 aromatic carbocycles. The van der Waals surface area contributed by atoms with Crippen molar-refractivity contribution >= 4 is 22.4 Å². The summed E-state index contributed by atoms with van der Waals surface area (Å²) in [5.74, 6) is -0.122. The van der Waals surface area contributed by atoms with Crippen LogP contribution in [0.4, 0.5) is 5.69 Å². The Kier molecular flexibility index (Phi) is 3.87. The number of rotatable bonds is 2. The SMILES string of the molecule is Cc1cc(C)c(NC(=O)c2cncc3c(C)cccc23)c(C)c1. The number of nitrogens with one attached hydrogen (secondary N) is 1. The molecule has 3 heteroatoms. The molecule has 116 valence electrons. The van der Waals surface area contributed by atoms with Gasteiger partial charge in [-0.25, -0.2) is 0 Å². The Morgan fingerprint density at radius 3 is 2.30 bits per heavy atom. The van der Waals surface area contributed by atoms with E-state index >= 15 is 0 Å². The number of nitrogens with zero attached hydrogens (tertiary/aromatic N) is 1. The van der Waals surface area contributed by atoms with E-state index in [2.05, 4.69) is 29.4 Å². The van der Waals surface area contributed by atoms with Crippen molar-refractivity contribution in [2.75, 3.05) is 5.32 Å². The fourth-order valence-electron chi connectivity index (χ4n) is 3.08. The molecule has 0 radical (unpaired) electrons. The summed E-state index contributed by atoms with van der Waals surface area (Å²) in [6.07, 6.45) is 3.44. The summed E-state index contributed by atoms with van der Waals surface area (Å²) in [6.45, 7) is 8.12. The van der Waals surface area contributed by atoms with Crippen LogP contribution < -0.4 is 5.32 Å². The highest BCUT2D eigenvalue weighted by Crippen LogP contribution is 2.25. The molecule has 0 aliphatic heterocycles. The van der Waals surface area contributed by atoms with E-state index in [0.717, 1.165) is 33.2 Å². The Bertz CT molecular complexity index is 890. The first kappa shape index (κ1) is 15.2. The summed E-state index contributed by atoms with van der Waals surface area (Å²) >= 11 is 0. The first-order valence-electron chi connectivity index (χ1n) is 7.70. The van der Waals surface area contributed by atoms with Gasteiger partial charge in [0.05, 0.1) is 5.56 Å². The van der Waals surface area contributed by atoms with Gasteiger partial charge >= 0.3 is 0 Å². The van der Waals surface area contributed by atoms with Crippen molar-refractivity contribution in [2.45, 2.75) is 27.7 Å². The maximum atomic E-state index is 12.8. The van der Waals surface area contributed by atoms with E-state index in [1.165, 1.54) is 5.56 Å². The average molecular weight is 304 g/mol. The summed E-state index contributed by atoms with van der Waals surface area (Å²) < 4.78 is 0. The number of hydrogen-bond donors (Lipinski definition) is 1. The minimum absolute atomic E-state index is 0.122. The molecular weight excluding hydrogens is 284 g/mol. The maximum Gasteiger partial charge on any atom is 0.257 e. The lowest BCUT2D eigenvalue weighted by Crippen LogP contribution is -2.14. The Labute approximate surface area is 136 Å². The standard InChI is InChI=1S/C20H20N2O/c1-12-8-14(3)19(15(4)9-12)22-20(23)18-11-21-10-17-13(2)6-5-7-16(17)18/h5-11H,1-4H3,(H,22,23). The number of fused-ring (bicyclic) bond motifs is 1. The molecule has 1 heterocycles. The van der Waals surface area contributed by atoms with Gasteiger partial charge in [-0.05, 0) is 49.8 Å². The number of benzene rings is 2. The van der Waals surface area contributed by atoms with Crippen LogP contribution in [0.1, 0.15) is 32.6 Å². The molecule has 1 aromatic heterocycles. The fourth-order valence-corrected chi connectivity index (χ4v) is 3.08. The van der Waals surface area contributed by atoms with Gasteiger partial charge in [0, 0.05) is 23.5 Å². The van der Waals surface area contributed by atoms with Crippen LogP contribution in [0.5, 0.6) is 0 Å². The van der Waals surface area contributed by atoms with Crippen LogP contribution in [0.2, 0.25) is 0 Å². The molecule has 0 aliphatic carbocycles. The molecule has 0 fully saturated rings. The maximum absolute atomic E-state index is 12.8. The number of anilines is 1. The third-order valence-corrected chi connectivity index (χ3v) is 4.18. The van der Waals surface area contributed by atoms with E-state index in [4.69, 9.17) is 0 Å².